The van der Waals surface area contributed by atoms with Crippen molar-refractivity contribution in [1.82, 2.24) is 15.0 Å². The molecule has 0 aliphatic rings. The highest BCUT2D eigenvalue weighted by molar-refractivity contribution is 7.80. The first-order valence-corrected chi connectivity index (χ1v) is 6.97. The lowest BCUT2D eigenvalue weighted by atomic mass is 10.3. The van der Waals surface area contributed by atoms with Crippen molar-refractivity contribution in [3.05, 3.63) is 42.2 Å². The molecule has 1 N–H and O–H groups in total. The average molecular weight is 358 g/mol. The minimum absolute atomic E-state index is 0.283. The summed E-state index contributed by atoms with van der Waals surface area (Å²) in [7, 11) is 3.11. The predicted molar refractivity (Wildman–Crippen MR) is 84.5 cm³/mol. The first kappa shape index (κ1) is 17.9. The minimum Gasteiger partial charge on any atom is -0.424 e. The zero-order chi connectivity index (χ0) is 17.7. The van der Waals surface area contributed by atoms with Gasteiger partial charge in [-0.05, 0) is 42.5 Å². The van der Waals surface area contributed by atoms with Crippen molar-refractivity contribution in [1.29, 1.82) is 0 Å². The Labute approximate surface area is 141 Å². The van der Waals surface area contributed by atoms with Gasteiger partial charge in [-0.2, -0.15) is 18.2 Å². The van der Waals surface area contributed by atoms with E-state index >= 15 is 0 Å². The van der Waals surface area contributed by atoms with E-state index in [4.69, 9.17) is 21.8 Å². The summed E-state index contributed by atoms with van der Waals surface area (Å²) in [4.78, 5) is 11.9. The number of nitrogens with one attached hydrogen (secondary N) is 1. The minimum atomic E-state index is -4.56. The molecule has 0 radical (unpaired) electrons. The fourth-order valence-electron chi connectivity index (χ4n) is 1.54. The Bertz CT molecular complexity index is 710. The largest absolute Gasteiger partial charge is 0.433 e. The molecule has 0 amide bonds. The van der Waals surface area contributed by atoms with Crippen LogP contribution in [0.4, 0.5) is 18.9 Å². The Morgan fingerprint density at radius 2 is 1.88 bits per heavy atom. The Balaban J connectivity index is 2.06. The standard InChI is InChI=1S/C14H13F3N4O2S/c1-21(22-2)13(24)19-9-3-5-10(6-4-9)23-12-18-8-7-11(20-12)14(15,16)17/h3-8H,1-2H3,(H,19,24). The molecule has 0 atom stereocenters. The number of halogens is 3. The Morgan fingerprint density at radius 3 is 2.46 bits per heavy atom. The second kappa shape index (κ2) is 7.41. The molecular formula is C14H13F3N4O2S. The van der Waals surface area contributed by atoms with Gasteiger partial charge in [0, 0.05) is 18.9 Å². The number of rotatable bonds is 4. The molecule has 128 valence electrons. The molecule has 0 spiro atoms. The summed E-state index contributed by atoms with van der Waals surface area (Å²) in [6.45, 7) is 0. The van der Waals surface area contributed by atoms with Crippen LogP contribution in [0.5, 0.6) is 11.8 Å². The van der Waals surface area contributed by atoms with Gasteiger partial charge in [0.25, 0.3) is 0 Å². The van der Waals surface area contributed by atoms with E-state index in [2.05, 4.69) is 15.3 Å². The van der Waals surface area contributed by atoms with Crippen molar-refractivity contribution in [2.75, 3.05) is 19.5 Å². The third-order valence-electron chi connectivity index (χ3n) is 2.80. The maximum atomic E-state index is 12.6. The molecule has 2 rings (SSSR count). The second-order valence-electron chi connectivity index (χ2n) is 4.46. The van der Waals surface area contributed by atoms with Gasteiger partial charge in [0.1, 0.15) is 5.75 Å². The summed E-state index contributed by atoms with van der Waals surface area (Å²) >= 11 is 5.08. The van der Waals surface area contributed by atoms with Gasteiger partial charge in [-0.1, -0.05) is 0 Å². The fraction of sp³-hybridized carbons (Fsp3) is 0.214. The first-order chi connectivity index (χ1) is 11.3. The van der Waals surface area contributed by atoms with Gasteiger partial charge in [0.05, 0.1) is 7.11 Å². The van der Waals surface area contributed by atoms with Crippen molar-refractivity contribution >= 4 is 23.0 Å². The summed E-state index contributed by atoms with van der Waals surface area (Å²) in [5, 5.41) is 4.61. The van der Waals surface area contributed by atoms with Crippen LogP contribution in [0, 0.1) is 0 Å². The normalized spacial score (nSPS) is 11.0. The van der Waals surface area contributed by atoms with E-state index in [1.165, 1.54) is 12.2 Å². The molecule has 1 aromatic carbocycles. The van der Waals surface area contributed by atoms with E-state index in [9.17, 15) is 13.2 Å². The summed E-state index contributed by atoms with van der Waals surface area (Å²) in [5.74, 6) is 0.283. The van der Waals surface area contributed by atoms with E-state index in [0.717, 1.165) is 12.3 Å². The number of alkyl halides is 3. The van der Waals surface area contributed by atoms with Gasteiger partial charge >= 0.3 is 12.2 Å². The molecule has 0 saturated carbocycles. The zero-order valence-corrected chi connectivity index (χ0v) is 13.5. The van der Waals surface area contributed by atoms with Gasteiger partial charge in [-0.3, -0.25) is 4.84 Å². The number of nitrogens with zero attached hydrogens (tertiary/aromatic N) is 3. The number of benzene rings is 1. The van der Waals surface area contributed by atoms with E-state index in [0.29, 0.717) is 10.8 Å². The predicted octanol–water partition coefficient (Wildman–Crippen LogP) is 3.48. The molecule has 6 nitrogen and oxygen atoms in total. The van der Waals surface area contributed by atoms with Crippen LogP contribution >= 0.6 is 12.2 Å². The Morgan fingerprint density at radius 1 is 1.21 bits per heavy atom. The highest BCUT2D eigenvalue weighted by Crippen LogP contribution is 2.29. The number of ether oxygens (including phenoxy) is 1. The number of hydrogen-bond donors (Lipinski definition) is 1. The van der Waals surface area contributed by atoms with Crippen LogP contribution in [0.2, 0.25) is 0 Å². The molecule has 1 heterocycles. The van der Waals surface area contributed by atoms with Gasteiger partial charge in [0.2, 0.25) is 0 Å². The number of thiocarbonyl (C=S) groups is 1. The topological polar surface area (TPSA) is 59.5 Å². The molecule has 1 aromatic heterocycles. The van der Waals surface area contributed by atoms with Crippen LogP contribution in [0.25, 0.3) is 0 Å². The van der Waals surface area contributed by atoms with E-state index in [1.807, 2.05) is 0 Å². The average Bonchev–Trinajstić information content (AvgIpc) is 2.55. The lowest BCUT2D eigenvalue weighted by Crippen LogP contribution is -2.29. The molecule has 0 unspecified atom stereocenters. The molecule has 0 saturated heterocycles. The number of aromatic nitrogens is 2. The highest BCUT2D eigenvalue weighted by Gasteiger charge is 2.33. The summed E-state index contributed by atoms with van der Waals surface area (Å²) in [6.07, 6.45) is -3.57. The van der Waals surface area contributed by atoms with Gasteiger partial charge in [0.15, 0.2) is 10.8 Å². The quantitative estimate of drug-likeness (QED) is 0.663. The van der Waals surface area contributed by atoms with Crippen molar-refractivity contribution in [3.63, 3.8) is 0 Å². The van der Waals surface area contributed by atoms with Crippen LogP contribution in [-0.2, 0) is 11.0 Å². The van der Waals surface area contributed by atoms with Crippen molar-refractivity contribution in [2.24, 2.45) is 0 Å². The SMILES string of the molecule is CON(C)C(=S)Nc1ccc(Oc2nccc(C(F)(F)F)n2)cc1. The van der Waals surface area contributed by atoms with Crippen LogP contribution in [-0.4, -0.2) is 34.3 Å². The highest BCUT2D eigenvalue weighted by atomic mass is 32.1. The maximum absolute atomic E-state index is 12.6. The molecule has 24 heavy (non-hydrogen) atoms. The fourth-order valence-corrected chi connectivity index (χ4v) is 1.74. The van der Waals surface area contributed by atoms with Gasteiger partial charge in [-0.25, -0.2) is 10.0 Å². The Hall–Kier alpha value is -2.46. The summed E-state index contributed by atoms with van der Waals surface area (Å²) in [6, 6.07) is 6.74. The Kier molecular flexibility index (Phi) is 5.52. The van der Waals surface area contributed by atoms with E-state index in [-0.39, 0.29) is 11.8 Å². The second-order valence-corrected chi connectivity index (χ2v) is 4.85. The van der Waals surface area contributed by atoms with E-state index < -0.39 is 11.9 Å². The number of anilines is 1. The molecule has 0 aliphatic carbocycles. The smallest absolute Gasteiger partial charge is 0.424 e. The van der Waals surface area contributed by atoms with Gasteiger partial charge in [-0.15, -0.1) is 0 Å². The van der Waals surface area contributed by atoms with E-state index in [1.54, 1.807) is 31.3 Å². The molecule has 10 heteroatoms. The summed E-state index contributed by atoms with van der Waals surface area (Å²) in [5.41, 5.74) is -0.417. The van der Waals surface area contributed by atoms with Crippen LogP contribution in [0.3, 0.4) is 0 Å². The van der Waals surface area contributed by atoms with Gasteiger partial charge < -0.3 is 10.1 Å². The lowest BCUT2D eigenvalue weighted by Gasteiger charge is -2.17. The third-order valence-corrected chi connectivity index (χ3v) is 3.16. The van der Waals surface area contributed by atoms with Crippen LogP contribution < -0.4 is 10.1 Å². The van der Waals surface area contributed by atoms with Crippen LogP contribution in [0.15, 0.2) is 36.5 Å². The third kappa shape index (κ3) is 4.77. The number of hydroxylamine groups is 2. The molecular weight excluding hydrogens is 345 g/mol. The lowest BCUT2D eigenvalue weighted by molar-refractivity contribution is -0.141. The van der Waals surface area contributed by atoms with Crippen molar-refractivity contribution < 1.29 is 22.7 Å². The van der Waals surface area contributed by atoms with Crippen LogP contribution in [0.1, 0.15) is 5.69 Å². The van der Waals surface area contributed by atoms with Crippen molar-refractivity contribution in [3.8, 4) is 11.8 Å². The molecule has 0 bridgehead atoms. The molecule has 0 aliphatic heterocycles. The molecule has 2 aromatic rings. The summed E-state index contributed by atoms with van der Waals surface area (Å²) < 4.78 is 43.0. The van der Waals surface area contributed by atoms with Crippen molar-refractivity contribution in [2.45, 2.75) is 6.18 Å². The maximum Gasteiger partial charge on any atom is 0.433 e. The first-order valence-electron chi connectivity index (χ1n) is 6.56. The zero-order valence-electron chi connectivity index (χ0n) is 12.7. The monoisotopic (exact) mass is 358 g/mol. The molecule has 0 fully saturated rings. The number of hydrogen-bond acceptors (Lipinski definition) is 5.